The minimum absolute atomic E-state index is 0.237. The molecule has 0 aromatic heterocycles. The summed E-state index contributed by atoms with van der Waals surface area (Å²) in [7, 11) is 0. The Hall–Kier alpha value is -3.19. The number of hydrogen-bond acceptors (Lipinski definition) is 5. The van der Waals surface area contributed by atoms with Gasteiger partial charge in [-0.25, -0.2) is 4.79 Å². The molecule has 136 valence electrons. The minimum atomic E-state index is -0.917. The third kappa shape index (κ3) is 5.71. The maximum atomic E-state index is 12.3. The van der Waals surface area contributed by atoms with E-state index in [9.17, 15) is 14.4 Å². The predicted molar refractivity (Wildman–Crippen MR) is 95.9 cm³/mol. The van der Waals surface area contributed by atoms with E-state index in [4.69, 9.17) is 10.6 Å². The van der Waals surface area contributed by atoms with Crippen LogP contribution in [0.4, 0.5) is 0 Å². The third-order valence-electron chi connectivity index (χ3n) is 3.65. The van der Waals surface area contributed by atoms with Gasteiger partial charge in [0.1, 0.15) is 6.04 Å². The summed E-state index contributed by atoms with van der Waals surface area (Å²) in [5.41, 5.74) is 9.54. The fourth-order valence-electron chi connectivity index (χ4n) is 2.23. The number of hydroxylamine groups is 1. The van der Waals surface area contributed by atoms with E-state index in [2.05, 4.69) is 10.8 Å². The number of carbonyl (C=O) groups excluding carboxylic acids is 3. The molecule has 0 radical (unpaired) electrons. The van der Waals surface area contributed by atoms with Crippen LogP contribution in [0, 0.1) is 6.92 Å². The molecule has 2 rings (SSSR count). The van der Waals surface area contributed by atoms with Crippen molar-refractivity contribution in [1.82, 2.24) is 10.8 Å². The number of nitrogens with two attached hydrogens (primary N) is 1. The highest BCUT2D eigenvalue weighted by atomic mass is 16.7. The number of benzene rings is 2. The van der Waals surface area contributed by atoms with Crippen LogP contribution in [0.5, 0.6) is 0 Å². The van der Waals surface area contributed by atoms with E-state index in [1.165, 1.54) is 0 Å². The summed E-state index contributed by atoms with van der Waals surface area (Å²) in [6.07, 6.45) is 0.237. The average Bonchev–Trinajstić information content (AvgIpc) is 2.66. The molecule has 7 heteroatoms. The first-order valence-electron chi connectivity index (χ1n) is 8.10. The van der Waals surface area contributed by atoms with Gasteiger partial charge in [-0.2, -0.15) is 5.48 Å². The lowest BCUT2D eigenvalue weighted by molar-refractivity contribution is -0.134. The van der Waals surface area contributed by atoms with Crippen LogP contribution in [0.15, 0.2) is 54.6 Å². The van der Waals surface area contributed by atoms with Crippen molar-refractivity contribution in [3.05, 3.63) is 71.3 Å². The van der Waals surface area contributed by atoms with Gasteiger partial charge in [0.15, 0.2) is 0 Å². The molecular weight excluding hydrogens is 334 g/mol. The Bertz CT molecular complexity index is 760. The van der Waals surface area contributed by atoms with Crippen LogP contribution >= 0.6 is 0 Å². The van der Waals surface area contributed by atoms with Gasteiger partial charge in [0, 0.05) is 6.42 Å². The molecule has 2 aromatic rings. The maximum absolute atomic E-state index is 12.3. The lowest BCUT2D eigenvalue weighted by atomic mass is 10.1. The summed E-state index contributed by atoms with van der Waals surface area (Å²) in [5.74, 6) is -1.82. The topological polar surface area (TPSA) is 111 Å². The maximum Gasteiger partial charge on any atom is 0.362 e. The summed E-state index contributed by atoms with van der Waals surface area (Å²) in [6, 6.07) is 15.0. The first kappa shape index (κ1) is 19.1. The predicted octanol–water partition coefficient (Wildman–Crippen LogP) is 0.869. The molecular formula is C19H21N3O4. The Morgan fingerprint density at radius 3 is 2.31 bits per heavy atom. The van der Waals surface area contributed by atoms with E-state index in [0.717, 1.165) is 11.1 Å². The molecule has 1 atom stereocenters. The van der Waals surface area contributed by atoms with Crippen LogP contribution in [0.1, 0.15) is 21.5 Å². The molecule has 0 aliphatic heterocycles. The highest BCUT2D eigenvalue weighted by molar-refractivity contribution is 5.92. The van der Waals surface area contributed by atoms with Gasteiger partial charge in [-0.05, 0) is 24.6 Å². The molecule has 0 saturated carbocycles. The molecule has 26 heavy (non-hydrogen) atoms. The molecule has 2 aromatic carbocycles. The number of rotatable bonds is 6. The fraction of sp³-hybridized carbons (Fsp3) is 0.211. The molecule has 0 spiro atoms. The molecule has 7 nitrogen and oxygen atoms in total. The van der Waals surface area contributed by atoms with E-state index in [1.54, 1.807) is 24.3 Å². The zero-order valence-corrected chi connectivity index (χ0v) is 14.4. The second-order valence-corrected chi connectivity index (χ2v) is 5.74. The van der Waals surface area contributed by atoms with Crippen LogP contribution in [0.25, 0.3) is 0 Å². The number of hydrogen-bond donors (Lipinski definition) is 3. The van der Waals surface area contributed by atoms with Gasteiger partial charge in [-0.1, -0.05) is 48.0 Å². The van der Waals surface area contributed by atoms with Crippen molar-refractivity contribution in [2.75, 3.05) is 6.54 Å². The lowest BCUT2D eigenvalue weighted by Crippen LogP contribution is -2.50. The molecule has 0 heterocycles. The van der Waals surface area contributed by atoms with E-state index in [-0.39, 0.29) is 13.0 Å². The molecule has 0 fully saturated rings. The third-order valence-corrected chi connectivity index (χ3v) is 3.65. The second kappa shape index (κ2) is 9.33. The van der Waals surface area contributed by atoms with Crippen molar-refractivity contribution in [2.45, 2.75) is 19.4 Å². The van der Waals surface area contributed by atoms with E-state index < -0.39 is 23.8 Å². The SMILES string of the molecule is Cc1ccc(C(=O)ONC(=O)[C@H](Cc2ccccc2)NC(=O)CN)cc1. The van der Waals surface area contributed by atoms with Crippen molar-refractivity contribution < 1.29 is 19.2 Å². The van der Waals surface area contributed by atoms with Crippen molar-refractivity contribution in [3.63, 3.8) is 0 Å². The molecule has 4 N–H and O–H groups in total. The highest BCUT2D eigenvalue weighted by Gasteiger charge is 2.22. The Morgan fingerprint density at radius 1 is 1.04 bits per heavy atom. The number of amides is 2. The Balaban J connectivity index is 1.99. The lowest BCUT2D eigenvalue weighted by Gasteiger charge is -2.17. The normalized spacial score (nSPS) is 11.3. The molecule has 0 bridgehead atoms. The number of aryl methyl sites for hydroxylation is 1. The van der Waals surface area contributed by atoms with Crippen molar-refractivity contribution >= 4 is 17.8 Å². The Kier molecular flexibility index (Phi) is 6.87. The zero-order chi connectivity index (χ0) is 18.9. The quantitative estimate of drug-likeness (QED) is 0.666. The van der Waals surface area contributed by atoms with Crippen molar-refractivity contribution in [2.24, 2.45) is 5.73 Å². The van der Waals surface area contributed by atoms with Crippen molar-refractivity contribution in [3.8, 4) is 0 Å². The largest absolute Gasteiger partial charge is 0.362 e. The minimum Gasteiger partial charge on any atom is -0.343 e. The summed E-state index contributed by atoms with van der Waals surface area (Å²) in [4.78, 5) is 40.7. The van der Waals surface area contributed by atoms with E-state index in [0.29, 0.717) is 5.56 Å². The van der Waals surface area contributed by atoms with Crippen LogP contribution < -0.4 is 16.5 Å². The molecule has 0 aliphatic rings. The molecule has 2 amide bonds. The fourth-order valence-corrected chi connectivity index (χ4v) is 2.23. The average molecular weight is 355 g/mol. The van der Waals surface area contributed by atoms with Gasteiger partial charge in [-0.15, -0.1) is 0 Å². The van der Waals surface area contributed by atoms with Gasteiger partial charge in [-0.3, -0.25) is 9.59 Å². The van der Waals surface area contributed by atoms with Gasteiger partial charge < -0.3 is 15.9 Å². The molecule has 0 aliphatic carbocycles. The van der Waals surface area contributed by atoms with Crippen LogP contribution in [0.2, 0.25) is 0 Å². The Labute approximate surface area is 151 Å². The summed E-state index contributed by atoms with van der Waals surface area (Å²) in [5, 5.41) is 2.52. The first-order valence-corrected chi connectivity index (χ1v) is 8.10. The summed E-state index contributed by atoms with van der Waals surface area (Å²) < 4.78 is 0. The standard InChI is InChI=1S/C19H21N3O4/c1-13-7-9-15(10-8-13)19(25)26-22-18(24)16(21-17(23)12-20)11-14-5-3-2-4-6-14/h2-10,16H,11-12,20H2,1H3,(H,21,23)(H,22,24)/t16-/m0/s1. The highest BCUT2D eigenvalue weighted by Crippen LogP contribution is 2.06. The van der Waals surface area contributed by atoms with Gasteiger partial charge in [0.25, 0.3) is 5.91 Å². The number of nitrogens with one attached hydrogen (secondary N) is 2. The van der Waals surface area contributed by atoms with Crippen molar-refractivity contribution in [1.29, 1.82) is 0 Å². The first-order chi connectivity index (χ1) is 12.5. The number of carbonyl (C=O) groups is 3. The summed E-state index contributed by atoms with van der Waals surface area (Å²) in [6.45, 7) is 1.65. The summed E-state index contributed by atoms with van der Waals surface area (Å²) >= 11 is 0. The zero-order valence-electron chi connectivity index (χ0n) is 14.4. The van der Waals surface area contributed by atoms with Crippen LogP contribution in [0.3, 0.4) is 0 Å². The molecule has 0 saturated heterocycles. The molecule has 0 unspecified atom stereocenters. The monoisotopic (exact) mass is 355 g/mol. The Morgan fingerprint density at radius 2 is 1.69 bits per heavy atom. The smallest absolute Gasteiger partial charge is 0.343 e. The van der Waals surface area contributed by atoms with Gasteiger partial charge in [0.05, 0.1) is 12.1 Å². The van der Waals surface area contributed by atoms with Crippen LogP contribution in [-0.2, 0) is 20.8 Å². The van der Waals surface area contributed by atoms with Gasteiger partial charge in [0.2, 0.25) is 5.91 Å². The van der Waals surface area contributed by atoms with E-state index >= 15 is 0 Å². The van der Waals surface area contributed by atoms with Crippen LogP contribution in [-0.4, -0.2) is 30.4 Å². The van der Waals surface area contributed by atoms with Gasteiger partial charge >= 0.3 is 5.97 Å². The second-order valence-electron chi connectivity index (χ2n) is 5.74. The van der Waals surface area contributed by atoms with E-state index in [1.807, 2.05) is 37.3 Å².